The van der Waals surface area contributed by atoms with Crippen LogP contribution in [-0.4, -0.2) is 55.9 Å². The number of methoxy groups -OCH3 is 1. The minimum absolute atomic E-state index is 0.343. The highest BCUT2D eigenvalue weighted by Gasteiger charge is 2.29. The van der Waals surface area contributed by atoms with Gasteiger partial charge in [0.2, 0.25) is 15.9 Å². The van der Waals surface area contributed by atoms with Gasteiger partial charge in [0.25, 0.3) is 0 Å². The fraction of sp³-hybridized carbons (Fsp3) is 0.240. The number of nitrogens with zero attached hydrogens (tertiary/aromatic N) is 3. The maximum Gasteiger partial charge on any atom is 0.243 e. The smallest absolute Gasteiger partial charge is 0.243 e. The summed E-state index contributed by atoms with van der Waals surface area (Å²) >= 11 is 0. The maximum absolute atomic E-state index is 13.2. The molecule has 0 radical (unpaired) electrons. The lowest BCUT2D eigenvalue weighted by Gasteiger charge is -2.33. The lowest BCUT2D eigenvalue weighted by molar-refractivity contribution is 0.180. The Bertz CT molecular complexity index is 1360. The monoisotopic (exact) mass is 463 g/mol. The lowest BCUT2D eigenvalue weighted by Crippen LogP contribution is -2.48. The maximum atomic E-state index is 13.2. The average Bonchev–Trinajstić information content (AvgIpc) is 3.32. The summed E-state index contributed by atoms with van der Waals surface area (Å²) in [6.45, 7) is 2.77. The second-order valence-electron chi connectivity index (χ2n) is 8.06. The van der Waals surface area contributed by atoms with Crippen LogP contribution in [0.3, 0.4) is 0 Å². The van der Waals surface area contributed by atoms with E-state index in [1.54, 1.807) is 29.8 Å². The van der Waals surface area contributed by atoms with Crippen molar-refractivity contribution in [1.82, 2.24) is 14.2 Å². The Labute approximate surface area is 193 Å². The van der Waals surface area contributed by atoms with Crippen LogP contribution in [-0.2, 0) is 16.6 Å². The highest BCUT2D eigenvalue weighted by atomic mass is 32.2. The van der Waals surface area contributed by atoms with Gasteiger partial charge in [-0.3, -0.25) is 4.90 Å². The molecule has 0 amide bonds. The van der Waals surface area contributed by atoms with Gasteiger partial charge in [-0.1, -0.05) is 30.3 Å². The predicted molar refractivity (Wildman–Crippen MR) is 126 cm³/mol. The number of hydrogen-bond donors (Lipinski definition) is 0. The number of piperazine rings is 1. The fourth-order valence-electron chi connectivity index (χ4n) is 4.08. The van der Waals surface area contributed by atoms with Crippen molar-refractivity contribution < 1.29 is 17.6 Å². The molecule has 0 spiro atoms. The van der Waals surface area contributed by atoms with E-state index in [0.717, 1.165) is 27.8 Å². The van der Waals surface area contributed by atoms with Crippen molar-refractivity contribution in [3.8, 4) is 17.2 Å². The topological polar surface area (TPSA) is 75.9 Å². The molecule has 5 rings (SSSR count). The molecule has 1 saturated heterocycles. The van der Waals surface area contributed by atoms with Crippen molar-refractivity contribution in [2.24, 2.45) is 0 Å². The molecule has 0 saturated carbocycles. The van der Waals surface area contributed by atoms with Gasteiger partial charge in [0.05, 0.1) is 17.7 Å². The lowest BCUT2D eigenvalue weighted by atomic mass is 10.1. The Kier molecular flexibility index (Phi) is 5.88. The average molecular weight is 464 g/mol. The summed E-state index contributed by atoms with van der Waals surface area (Å²) < 4.78 is 38.7. The van der Waals surface area contributed by atoms with E-state index in [9.17, 15) is 8.42 Å². The van der Waals surface area contributed by atoms with Crippen LogP contribution in [0, 0.1) is 0 Å². The number of rotatable bonds is 6. The highest BCUT2D eigenvalue weighted by molar-refractivity contribution is 7.89. The fourth-order valence-corrected chi connectivity index (χ4v) is 5.54. The molecule has 7 nitrogen and oxygen atoms in total. The number of ether oxygens (including phenoxy) is 1. The Balaban J connectivity index is 1.22. The van der Waals surface area contributed by atoms with Crippen molar-refractivity contribution in [3.63, 3.8) is 0 Å². The molecule has 0 unspecified atom stereocenters. The minimum Gasteiger partial charge on any atom is -0.497 e. The summed E-state index contributed by atoms with van der Waals surface area (Å²) in [6, 6.07) is 20.7. The standard InChI is InChI=1S/C25H25N3O4S/c1-31-23-9-6-20(7-10-23)25-26-22(18-32-25)17-27-12-14-28(15-13-27)33(29,30)24-11-8-19-4-2-3-5-21(19)16-24/h2-11,16,18H,12-15,17H2,1H3. The zero-order valence-corrected chi connectivity index (χ0v) is 19.2. The van der Waals surface area contributed by atoms with Crippen LogP contribution >= 0.6 is 0 Å². The van der Waals surface area contributed by atoms with Gasteiger partial charge in [-0.05, 0) is 47.2 Å². The SMILES string of the molecule is COc1ccc(-c2nc(CN3CCN(S(=O)(=O)c4ccc5ccccc5c4)CC3)co2)cc1. The number of fused-ring (bicyclic) bond motifs is 1. The van der Waals surface area contributed by atoms with Gasteiger partial charge in [-0.2, -0.15) is 4.31 Å². The Hall–Kier alpha value is -3.20. The van der Waals surface area contributed by atoms with E-state index in [-0.39, 0.29) is 0 Å². The van der Waals surface area contributed by atoms with Crippen LogP contribution in [0.4, 0.5) is 0 Å². The molecule has 0 atom stereocenters. The van der Waals surface area contributed by atoms with Crippen LogP contribution in [0.2, 0.25) is 0 Å². The van der Waals surface area contributed by atoms with E-state index in [1.165, 1.54) is 0 Å². The number of hydrogen-bond acceptors (Lipinski definition) is 6. The molecule has 1 aliphatic rings. The summed E-state index contributed by atoms with van der Waals surface area (Å²) in [6.07, 6.45) is 1.66. The number of benzene rings is 3. The van der Waals surface area contributed by atoms with Crippen LogP contribution < -0.4 is 4.74 Å². The molecule has 2 heterocycles. The molecule has 0 aliphatic carbocycles. The van der Waals surface area contributed by atoms with Crippen molar-refractivity contribution >= 4 is 20.8 Å². The number of oxazole rings is 1. The summed E-state index contributed by atoms with van der Waals surface area (Å²) in [7, 11) is -1.90. The second-order valence-corrected chi connectivity index (χ2v) is 10.00. The first-order chi connectivity index (χ1) is 16.0. The number of aromatic nitrogens is 1. The quantitative estimate of drug-likeness (QED) is 0.430. The van der Waals surface area contributed by atoms with Crippen molar-refractivity contribution in [2.75, 3.05) is 33.3 Å². The molecule has 0 bridgehead atoms. The van der Waals surface area contributed by atoms with Gasteiger partial charge in [0, 0.05) is 38.3 Å². The van der Waals surface area contributed by atoms with E-state index >= 15 is 0 Å². The molecule has 4 aromatic rings. The molecule has 0 N–H and O–H groups in total. The number of sulfonamides is 1. The third-order valence-corrected chi connectivity index (χ3v) is 7.86. The van der Waals surface area contributed by atoms with Crippen LogP contribution in [0.5, 0.6) is 5.75 Å². The Morgan fingerprint density at radius 3 is 2.39 bits per heavy atom. The third kappa shape index (κ3) is 4.50. The Morgan fingerprint density at radius 1 is 0.939 bits per heavy atom. The van der Waals surface area contributed by atoms with E-state index in [1.807, 2.05) is 54.6 Å². The van der Waals surface area contributed by atoms with E-state index in [0.29, 0.717) is 43.5 Å². The molecule has 1 aromatic heterocycles. The minimum atomic E-state index is -3.53. The zero-order chi connectivity index (χ0) is 22.8. The first kappa shape index (κ1) is 21.6. The van der Waals surface area contributed by atoms with Gasteiger partial charge >= 0.3 is 0 Å². The second kappa shape index (κ2) is 8.97. The molecule has 1 aliphatic heterocycles. The summed E-state index contributed by atoms with van der Waals surface area (Å²) in [4.78, 5) is 7.13. The van der Waals surface area contributed by atoms with E-state index < -0.39 is 10.0 Å². The molecule has 170 valence electrons. The summed E-state index contributed by atoms with van der Waals surface area (Å²) in [5.74, 6) is 1.34. The molecular weight excluding hydrogens is 438 g/mol. The van der Waals surface area contributed by atoms with Crippen molar-refractivity contribution in [1.29, 1.82) is 0 Å². The van der Waals surface area contributed by atoms with Gasteiger partial charge in [0.15, 0.2) is 0 Å². The zero-order valence-electron chi connectivity index (χ0n) is 18.3. The molecule has 33 heavy (non-hydrogen) atoms. The van der Waals surface area contributed by atoms with E-state index in [4.69, 9.17) is 9.15 Å². The van der Waals surface area contributed by atoms with Gasteiger partial charge in [-0.25, -0.2) is 13.4 Å². The van der Waals surface area contributed by atoms with Crippen LogP contribution in [0.1, 0.15) is 5.69 Å². The summed E-state index contributed by atoms with van der Waals surface area (Å²) in [5.41, 5.74) is 1.71. The van der Waals surface area contributed by atoms with Crippen LogP contribution in [0.25, 0.3) is 22.2 Å². The molecule has 1 fully saturated rings. The molecule has 8 heteroatoms. The molecule has 3 aromatic carbocycles. The first-order valence-corrected chi connectivity index (χ1v) is 12.3. The third-order valence-electron chi connectivity index (χ3n) is 5.96. The first-order valence-electron chi connectivity index (χ1n) is 10.8. The van der Waals surface area contributed by atoms with Gasteiger partial charge < -0.3 is 9.15 Å². The van der Waals surface area contributed by atoms with Gasteiger partial charge in [-0.15, -0.1) is 0 Å². The van der Waals surface area contributed by atoms with Gasteiger partial charge in [0.1, 0.15) is 12.0 Å². The van der Waals surface area contributed by atoms with E-state index in [2.05, 4.69) is 9.88 Å². The van der Waals surface area contributed by atoms with Crippen molar-refractivity contribution in [3.05, 3.63) is 78.7 Å². The van der Waals surface area contributed by atoms with Crippen LogP contribution in [0.15, 0.2) is 82.3 Å². The largest absolute Gasteiger partial charge is 0.497 e. The normalized spacial score (nSPS) is 15.7. The molecular formula is C25H25N3O4S. The highest BCUT2D eigenvalue weighted by Crippen LogP contribution is 2.24. The predicted octanol–water partition coefficient (Wildman–Crippen LogP) is 4.01. The Morgan fingerprint density at radius 2 is 1.67 bits per heavy atom. The summed E-state index contributed by atoms with van der Waals surface area (Å²) in [5, 5.41) is 1.96. The van der Waals surface area contributed by atoms with Crippen molar-refractivity contribution in [2.45, 2.75) is 11.4 Å².